The Hall–Kier alpha value is -3.53. The Bertz CT molecular complexity index is 1550. The molecule has 0 radical (unpaired) electrons. The first kappa shape index (κ1) is 26.1. The Balaban J connectivity index is 1.65. The van der Waals surface area contributed by atoms with Gasteiger partial charge in [0, 0.05) is 27.9 Å². The lowest BCUT2D eigenvalue weighted by molar-refractivity contribution is -0.116. The second kappa shape index (κ2) is 10.7. The number of allylic oxidation sites excluding steroid dienone is 3. The molecular weight excluding hydrogens is 562 g/mol. The topological polar surface area (TPSA) is 79.3 Å². The van der Waals surface area contributed by atoms with Gasteiger partial charge < -0.3 is 10.5 Å². The minimum atomic E-state index is -0.537. The molecule has 7 heteroatoms. The van der Waals surface area contributed by atoms with Gasteiger partial charge in [-0.2, -0.15) is 5.26 Å². The number of nitrogens with two attached hydrogens (primary N) is 1. The maximum atomic E-state index is 13.5. The number of ether oxygens (including phenoxy) is 1. The fourth-order valence-corrected chi connectivity index (χ4v) is 6.02. The molecule has 0 amide bonds. The Morgan fingerprint density at radius 2 is 1.92 bits per heavy atom. The quantitative estimate of drug-likeness (QED) is 0.332. The summed E-state index contributed by atoms with van der Waals surface area (Å²) in [6.45, 7) is 4.33. The van der Waals surface area contributed by atoms with Crippen LogP contribution in [0.15, 0.2) is 87.8 Å². The van der Waals surface area contributed by atoms with Crippen LogP contribution < -0.4 is 15.4 Å². The summed E-state index contributed by atoms with van der Waals surface area (Å²) in [4.78, 5) is 15.4. The molecule has 0 spiro atoms. The molecule has 0 aromatic heterocycles. The van der Waals surface area contributed by atoms with Crippen LogP contribution in [0.5, 0.6) is 5.75 Å². The minimum absolute atomic E-state index is 0.0614. The van der Waals surface area contributed by atoms with Crippen LogP contribution in [-0.2, 0) is 11.4 Å². The Labute approximate surface area is 236 Å². The lowest BCUT2D eigenvalue weighted by Crippen LogP contribution is -2.39. The lowest BCUT2D eigenvalue weighted by Gasteiger charge is -2.40. The van der Waals surface area contributed by atoms with Gasteiger partial charge >= 0.3 is 0 Å². The molecule has 2 aliphatic rings. The summed E-state index contributed by atoms with van der Waals surface area (Å²) in [5, 5.41) is 10.9. The summed E-state index contributed by atoms with van der Waals surface area (Å²) < 4.78 is 6.96. The SMILES string of the molecule is Cc1cc(COc2ccccc2Cl)c(C)c(C2C(C#N)=C(N)N(c3cccc(Br)c3)C3=C2C(=O)CCC3)c1. The molecule has 3 aromatic carbocycles. The highest BCUT2D eigenvalue weighted by molar-refractivity contribution is 9.10. The number of anilines is 1. The van der Waals surface area contributed by atoms with Gasteiger partial charge in [0.2, 0.25) is 0 Å². The van der Waals surface area contributed by atoms with E-state index in [2.05, 4.69) is 34.1 Å². The van der Waals surface area contributed by atoms with Gasteiger partial charge in [0.15, 0.2) is 5.78 Å². The van der Waals surface area contributed by atoms with Gasteiger partial charge in [0.25, 0.3) is 0 Å². The zero-order valence-corrected chi connectivity index (χ0v) is 23.6. The van der Waals surface area contributed by atoms with Crippen molar-refractivity contribution in [1.29, 1.82) is 5.26 Å². The first-order valence-corrected chi connectivity index (χ1v) is 13.7. The van der Waals surface area contributed by atoms with Crippen LogP contribution in [0, 0.1) is 25.2 Å². The summed E-state index contributed by atoms with van der Waals surface area (Å²) in [7, 11) is 0. The number of Topliss-reactive ketones (excluding diaryl/α,β-unsaturated/α-hetero) is 1. The van der Waals surface area contributed by atoms with E-state index in [1.54, 1.807) is 6.07 Å². The molecule has 0 fully saturated rings. The number of carbonyl (C=O) groups excluding carboxylic acids is 1. The molecule has 1 atom stereocenters. The average Bonchev–Trinajstić information content (AvgIpc) is 2.89. The third-order valence-corrected chi connectivity index (χ3v) is 8.02. The van der Waals surface area contributed by atoms with Gasteiger partial charge in [0.05, 0.1) is 22.6 Å². The van der Waals surface area contributed by atoms with E-state index in [1.165, 1.54) is 0 Å². The normalized spacial score (nSPS) is 17.4. The van der Waals surface area contributed by atoms with Crippen molar-refractivity contribution in [3.63, 3.8) is 0 Å². The molecule has 1 aliphatic carbocycles. The van der Waals surface area contributed by atoms with Gasteiger partial charge in [-0.15, -0.1) is 0 Å². The number of nitrogens with zero attached hydrogens (tertiary/aromatic N) is 2. The number of aryl methyl sites for hydroxylation is 1. The second-order valence-corrected chi connectivity index (χ2v) is 11.0. The van der Waals surface area contributed by atoms with Crippen LogP contribution in [0.1, 0.15) is 47.4 Å². The number of nitriles is 1. The summed E-state index contributed by atoms with van der Waals surface area (Å²) in [5.41, 5.74) is 13.3. The van der Waals surface area contributed by atoms with Crippen LogP contribution in [0.3, 0.4) is 0 Å². The number of halogens is 2. The first-order valence-electron chi connectivity index (χ1n) is 12.5. The number of hydrogen-bond donors (Lipinski definition) is 1. The molecule has 2 N–H and O–H groups in total. The van der Waals surface area contributed by atoms with Crippen LogP contribution in [0.2, 0.25) is 5.02 Å². The van der Waals surface area contributed by atoms with Crippen LogP contribution in [-0.4, -0.2) is 5.78 Å². The Kier molecular flexibility index (Phi) is 7.34. The largest absolute Gasteiger partial charge is 0.487 e. The third-order valence-electron chi connectivity index (χ3n) is 7.21. The van der Waals surface area contributed by atoms with E-state index in [1.807, 2.05) is 61.2 Å². The molecule has 1 unspecified atom stereocenters. The molecule has 5 rings (SSSR count). The molecule has 0 saturated carbocycles. The molecule has 1 aliphatic heterocycles. The first-order chi connectivity index (χ1) is 18.3. The summed E-state index contributed by atoms with van der Waals surface area (Å²) in [6.07, 6.45) is 1.90. The van der Waals surface area contributed by atoms with Gasteiger partial charge in [0.1, 0.15) is 18.2 Å². The number of ketones is 1. The van der Waals surface area contributed by atoms with Crippen molar-refractivity contribution in [2.75, 3.05) is 4.90 Å². The molecule has 0 saturated heterocycles. The Morgan fingerprint density at radius 3 is 2.66 bits per heavy atom. The van der Waals surface area contributed by atoms with E-state index < -0.39 is 5.92 Å². The van der Waals surface area contributed by atoms with Crippen LogP contribution >= 0.6 is 27.5 Å². The second-order valence-electron chi connectivity index (χ2n) is 9.65. The predicted molar refractivity (Wildman–Crippen MR) is 154 cm³/mol. The standard InChI is InChI=1S/C31H27BrClN3O2/c1-18-13-20(17-38-28-12-4-3-9-25(28)33)19(2)23(14-18)29-24(16-34)31(35)36(22-8-5-7-21(32)15-22)26-10-6-11-27(37)30(26)29/h3-5,7-9,12-15,29H,6,10-11,17,35H2,1-2H3. The summed E-state index contributed by atoms with van der Waals surface area (Å²) in [6, 6.07) is 21.6. The summed E-state index contributed by atoms with van der Waals surface area (Å²) in [5.74, 6) is 0.489. The van der Waals surface area contributed by atoms with Crippen molar-refractivity contribution in [3.05, 3.63) is 115 Å². The lowest BCUT2D eigenvalue weighted by atomic mass is 9.73. The highest BCUT2D eigenvalue weighted by atomic mass is 79.9. The number of para-hydroxylation sites is 1. The van der Waals surface area contributed by atoms with Gasteiger partial charge in [-0.05, 0) is 73.7 Å². The zero-order chi connectivity index (χ0) is 27.0. The molecule has 0 bridgehead atoms. The van der Waals surface area contributed by atoms with Crippen molar-refractivity contribution in [2.45, 2.75) is 45.6 Å². The van der Waals surface area contributed by atoms with Crippen molar-refractivity contribution < 1.29 is 9.53 Å². The van der Waals surface area contributed by atoms with Crippen LogP contribution in [0.4, 0.5) is 5.69 Å². The number of benzene rings is 3. The van der Waals surface area contributed by atoms with Crippen molar-refractivity contribution in [2.24, 2.45) is 5.73 Å². The van der Waals surface area contributed by atoms with E-state index in [0.29, 0.717) is 47.2 Å². The predicted octanol–water partition coefficient (Wildman–Crippen LogP) is 7.60. The molecule has 5 nitrogen and oxygen atoms in total. The average molecular weight is 589 g/mol. The summed E-state index contributed by atoms with van der Waals surface area (Å²) >= 11 is 9.84. The molecule has 38 heavy (non-hydrogen) atoms. The minimum Gasteiger partial charge on any atom is -0.487 e. The van der Waals surface area contributed by atoms with E-state index in [0.717, 1.165) is 44.5 Å². The maximum absolute atomic E-state index is 13.5. The van der Waals surface area contributed by atoms with E-state index in [4.69, 9.17) is 22.1 Å². The van der Waals surface area contributed by atoms with Gasteiger partial charge in [-0.1, -0.05) is 63.4 Å². The maximum Gasteiger partial charge on any atom is 0.161 e. The molecule has 1 heterocycles. The van der Waals surface area contributed by atoms with E-state index in [9.17, 15) is 10.1 Å². The van der Waals surface area contributed by atoms with Crippen molar-refractivity contribution in [1.82, 2.24) is 0 Å². The van der Waals surface area contributed by atoms with E-state index in [-0.39, 0.29) is 5.78 Å². The van der Waals surface area contributed by atoms with Crippen LogP contribution in [0.25, 0.3) is 0 Å². The number of hydrogen-bond acceptors (Lipinski definition) is 5. The zero-order valence-electron chi connectivity index (χ0n) is 21.2. The Morgan fingerprint density at radius 1 is 1.13 bits per heavy atom. The molecular formula is C31H27BrClN3O2. The molecule has 192 valence electrons. The fourth-order valence-electron chi connectivity index (χ4n) is 5.44. The van der Waals surface area contributed by atoms with Gasteiger partial charge in [-0.3, -0.25) is 9.69 Å². The third kappa shape index (κ3) is 4.73. The highest BCUT2D eigenvalue weighted by Gasteiger charge is 2.41. The number of carbonyl (C=O) groups is 1. The van der Waals surface area contributed by atoms with Crippen molar-refractivity contribution >= 4 is 39.0 Å². The smallest absolute Gasteiger partial charge is 0.161 e. The monoisotopic (exact) mass is 587 g/mol. The fraction of sp³-hybridized carbons (Fsp3) is 0.226. The molecule has 3 aromatic rings. The number of rotatable bonds is 5. The highest BCUT2D eigenvalue weighted by Crippen LogP contribution is 2.47. The van der Waals surface area contributed by atoms with Gasteiger partial charge in [-0.25, -0.2) is 0 Å². The van der Waals surface area contributed by atoms with Crippen molar-refractivity contribution in [3.8, 4) is 11.8 Å². The van der Waals surface area contributed by atoms with E-state index >= 15 is 0 Å².